The van der Waals surface area contributed by atoms with Crippen LogP contribution in [0.2, 0.25) is 0 Å². The molecule has 0 aliphatic carbocycles. The van der Waals surface area contributed by atoms with E-state index >= 15 is 0 Å². The van der Waals surface area contributed by atoms with E-state index in [-0.39, 0.29) is 0 Å². The van der Waals surface area contributed by atoms with Crippen molar-refractivity contribution < 1.29 is 0 Å². The molecule has 2 heterocycles. The fourth-order valence-electron chi connectivity index (χ4n) is 3.13. The predicted octanol–water partition coefficient (Wildman–Crippen LogP) is 1.60. The highest BCUT2D eigenvalue weighted by molar-refractivity contribution is 5.79. The van der Waals surface area contributed by atoms with Crippen LogP contribution in [0.5, 0.6) is 0 Å². The van der Waals surface area contributed by atoms with E-state index in [1.807, 2.05) is 31.0 Å². The first-order valence-electron chi connectivity index (χ1n) is 8.83. The number of aryl methyl sites for hydroxylation is 1. The van der Waals surface area contributed by atoms with E-state index in [0.29, 0.717) is 0 Å². The quantitative estimate of drug-likeness (QED) is 0.455. The summed E-state index contributed by atoms with van der Waals surface area (Å²) in [6.45, 7) is 7.86. The van der Waals surface area contributed by atoms with Crippen LogP contribution >= 0.6 is 0 Å². The maximum absolute atomic E-state index is 4.27. The Kier molecular flexibility index (Phi) is 7.39. The van der Waals surface area contributed by atoms with Crippen LogP contribution in [0.3, 0.4) is 0 Å². The van der Waals surface area contributed by atoms with Crippen molar-refractivity contribution >= 4 is 5.96 Å². The molecular weight excluding hydrogens is 288 g/mol. The number of rotatable bonds is 7. The van der Waals surface area contributed by atoms with Crippen LogP contribution in [0.1, 0.15) is 38.3 Å². The molecule has 0 bridgehead atoms. The van der Waals surface area contributed by atoms with Gasteiger partial charge in [-0.2, -0.15) is 5.10 Å². The minimum absolute atomic E-state index is 0.738. The lowest BCUT2D eigenvalue weighted by molar-refractivity contribution is 0.181. The van der Waals surface area contributed by atoms with Crippen molar-refractivity contribution in [1.82, 2.24) is 25.3 Å². The molecule has 1 unspecified atom stereocenters. The Balaban J connectivity index is 1.56. The van der Waals surface area contributed by atoms with Crippen molar-refractivity contribution in [1.29, 1.82) is 0 Å². The Morgan fingerprint density at radius 3 is 2.96 bits per heavy atom. The van der Waals surface area contributed by atoms with E-state index in [9.17, 15) is 0 Å². The van der Waals surface area contributed by atoms with Crippen LogP contribution in [0.15, 0.2) is 17.3 Å². The van der Waals surface area contributed by atoms with Crippen molar-refractivity contribution in [3.8, 4) is 0 Å². The van der Waals surface area contributed by atoms with Gasteiger partial charge in [-0.1, -0.05) is 6.92 Å². The molecule has 1 atom stereocenters. The molecule has 0 saturated carbocycles. The average Bonchev–Trinajstić information content (AvgIpc) is 2.95. The summed E-state index contributed by atoms with van der Waals surface area (Å²) in [5.41, 5.74) is 1.15. The second kappa shape index (κ2) is 9.55. The monoisotopic (exact) mass is 320 g/mol. The van der Waals surface area contributed by atoms with E-state index in [1.54, 1.807) is 0 Å². The zero-order valence-corrected chi connectivity index (χ0v) is 14.9. The van der Waals surface area contributed by atoms with Gasteiger partial charge in [0.05, 0.1) is 12.2 Å². The van der Waals surface area contributed by atoms with Gasteiger partial charge in [0.15, 0.2) is 5.96 Å². The highest BCUT2D eigenvalue weighted by Crippen LogP contribution is 2.15. The Labute approximate surface area is 140 Å². The first-order chi connectivity index (χ1) is 11.2. The zero-order valence-electron chi connectivity index (χ0n) is 14.9. The van der Waals surface area contributed by atoms with Crippen molar-refractivity contribution in [2.75, 3.05) is 33.2 Å². The fraction of sp³-hybridized carbons (Fsp3) is 0.765. The Morgan fingerprint density at radius 2 is 2.26 bits per heavy atom. The number of hydrogen-bond donors (Lipinski definition) is 2. The number of nitrogens with zero attached hydrogens (tertiary/aromatic N) is 4. The molecule has 0 aromatic carbocycles. The largest absolute Gasteiger partial charge is 0.356 e. The highest BCUT2D eigenvalue weighted by Gasteiger charge is 2.15. The van der Waals surface area contributed by atoms with E-state index in [2.05, 4.69) is 32.5 Å². The average molecular weight is 320 g/mol. The summed E-state index contributed by atoms with van der Waals surface area (Å²) in [4.78, 5) is 6.88. The first-order valence-corrected chi connectivity index (χ1v) is 8.83. The zero-order chi connectivity index (χ0) is 16.5. The number of piperidine rings is 1. The van der Waals surface area contributed by atoms with Crippen molar-refractivity contribution in [3.05, 3.63) is 18.0 Å². The van der Waals surface area contributed by atoms with E-state index in [0.717, 1.165) is 30.7 Å². The maximum atomic E-state index is 4.27. The number of aliphatic imine (C=N–C) groups is 1. The normalized spacial score (nSPS) is 19.8. The van der Waals surface area contributed by atoms with Gasteiger partial charge in [0.2, 0.25) is 0 Å². The third-order valence-electron chi connectivity index (χ3n) is 4.52. The van der Waals surface area contributed by atoms with Crippen LogP contribution in [-0.2, 0) is 13.6 Å². The van der Waals surface area contributed by atoms with Gasteiger partial charge in [0.25, 0.3) is 0 Å². The molecule has 1 aliphatic heterocycles. The van der Waals surface area contributed by atoms with E-state index < -0.39 is 0 Å². The summed E-state index contributed by atoms with van der Waals surface area (Å²) in [5, 5.41) is 10.9. The topological polar surface area (TPSA) is 57.5 Å². The van der Waals surface area contributed by atoms with Gasteiger partial charge >= 0.3 is 0 Å². The van der Waals surface area contributed by atoms with Crippen molar-refractivity contribution in [3.63, 3.8) is 0 Å². The summed E-state index contributed by atoms with van der Waals surface area (Å²) in [6, 6.07) is 2.01. The van der Waals surface area contributed by atoms with Crippen LogP contribution in [0.25, 0.3) is 0 Å². The molecule has 1 fully saturated rings. The van der Waals surface area contributed by atoms with Gasteiger partial charge in [-0.3, -0.25) is 9.67 Å². The SMILES string of the molecule is CN=C(NCCCCN1CCCC(C)C1)NCc1ccnn1C. The third-order valence-corrected chi connectivity index (χ3v) is 4.52. The van der Waals surface area contributed by atoms with Gasteiger partial charge in [-0.25, -0.2) is 0 Å². The molecule has 2 rings (SSSR count). The Bertz CT molecular complexity index is 481. The molecule has 0 amide bonds. The predicted molar refractivity (Wildman–Crippen MR) is 95.5 cm³/mol. The summed E-state index contributed by atoms with van der Waals surface area (Å²) in [5.74, 6) is 1.73. The van der Waals surface area contributed by atoms with Crippen LogP contribution in [0.4, 0.5) is 0 Å². The van der Waals surface area contributed by atoms with Crippen LogP contribution in [-0.4, -0.2) is 53.9 Å². The fourth-order valence-corrected chi connectivity index (χ4v) is 3.13. The van der Waals surface area contributed by atoms with Gasteiger partial charge in [-0.05, 0) is 50.8 Å². The molecule has 130 valence electrons. The standard InChI is InChI=1S/C17H32N6/c1-15-7-6-12-23(14-15)11-5-4-9-19-17(18-2)20-13-16-8-10-21-22(16)3/h8,10,15H,4-7,9,11-14H2,1-3H3,(H2,18,19,20). The number of likely N-dealkylation sites (tertiary alicyclic amines) is 1. The van der Waals surface area contributed by atoms with E-state index in [4.69, 9.17) is 0 Å². The Hall–Kier alpha value is -1.56. The summed E-state index contributed by atoms with van der Waals surface area (Å²) < 4.78 is 1.87. The lowest BCUT2D eigenvalue weighted by Gasteiger charge is -2.30. The van der Waals surface area contributed by atoms with Crippen LogP contribution in [0, 0.1) is 5.92 Å². The van der Waals surface area contributed by atoms with Gasteiger partial charge in [0.1, 0.15) is 0 Å². The van der Waals surface area contributed by atoms with Gasteiger partial charge in [0, 0.05) is 33.4 Å². The maximum Gasteiger partial charge on any atom is 0.191 e. The highest BCUT2D eigenvalue weighted by atomic mass is 15.3. The van der Waals surface area contributed by atoms with Crippen molar-refractivity contribution in [2.24, 2.45) is 18.0 Å². The second-order valence-electron chi connectivity index (χ2n) is 6.55. The van der Waals surface area contributed by atoms with Gasteiger partial charge < -0.3 is 15.5 Å². The number of hydrogen-bond acceptors (Lipinski definition) is 3. The number of unbranched alkanes of at least 4 members (excludes halogenated alkanes) is 1. The van der Waals surface area contributed by atoms with E-state index in [1.165, 1.54) is 45.3 Å². The van der Waals surface area contributed by atoms with Crippen LogP contribution < -0.4 is 10.6 Å². The molecule has 1 aromatic heterocycles. The second-order valence-corrected chi connectivity index (χ2v) is 6.55. The molecule has 6 nitrogen and oxygen atoms in total. The molecular formula is C17H32N6. The first kappa shape index (κ1) is 17.8. The minimum Gasteiger partial charge on any atom is -0.356 e. The lowest BCUT2D eigenvalue weighted by Crippen LogP contribution is -2.38. The summed E-state index contributed by atoms with van der Waals surface area (Å²) >= 11 is 0. The lowest BCUT2D eigenvalue weighted by atomic mass is 10.0. The molecule has 0 spiro atoms. The molecule has 1 aromatic rings. The number of aromatic nitrogens is 2. The number of guanidine groups is 1. The summed E-state index contributed by atoms with van der Waals surface area (Å²) in [6.07, 6.45) is 7.01. The minimum atomic E-state index is 0.738. The molecule has 1 aliphatic rings. The molecule has 0 radical (unpaired) electrons. The van der Waals surface area contributed by atoms with Crippen molar-refractivity contribution in [2.45, 2.75) is 39.2 Å². The summed E-state index contributed by atoms with van der Waals surface area (Å²) in [7, 11) is 3.77. The molecule has 2 N–H and O–H groups in total. The smallest absolute Gasteiger partial charge is 0.191 e. The van der Waals surface area contributed by atoms with Gasteiger partial charge in [-0.15, -0.1) is 0 Å². The Morgan fingerprint density at radius 1 is 1.39 bits per heavy atom. The molecule has 23 heavy (non-hydrogen) atoms. The number of nitrogens with one attached hydrogen (secondary N) is 2. The molecule has 1 saturated heterocycles. The third kappa shape index (κ3) is 6.22. The molecule has 6 heteroatoms.